The van der Waals surface area contributed by atoms with Gasteiger partial charge in [0.1, 0.15) is 0 Å². The normalized spacial score (nSPS) is 12.7. The molecule has 16 heavy (non-hydrogen) atoms. The van der Waals surface area contributed by atoms with E-state index in [1.165, 1.54) is 24.8 Å². The molecule has 0 bridgehead atoms. The van der Waals surface area contributed by atoms with Crippen molar-refractivity contribution in [3.63, 3.8) is 0 Å². The van der Waals surface area contributed by atoms with Gasteiger partial charge in [-0.2, -0.15) is 0 Å². The average molecular weight is 221 g/mol. The number of hydrogen-bond donors (Lipinski definition) is 1. The Balaban J connectivity index is 2.48. The summed E-state index contributed by atoms with van der Waals surface area (Å²) in [6.45, 7) is 4.30. The molecule has 0 spiro atoms. The van der Waals surface area contributed by atoms with E-state index in [0.717, 1.165) is 25.0 Å². The zero-order valence-electron chi connectivity index (χ0n) is 10.4. The summed E-state index contributed by atoms with van der Waals surface area (Å²) in [7, 11) is 0. The smallest absolute Gasteiger partial charge is 0.0962 e. The first-order valence-electron chi connectivity index (χ1n) is 6.41. The highest BCUT2D eigenvalue weighted by atomic mass is 16.3. The first-order valence-corrected chi connectivity index (χ1v) is 6.41. The van der Waals surface area contributed by atoms with E-state index in [0.29, 0.717) is 0 Å². The molecule has 0 radical (unpaired) electrons. The average Bonchev–Trinajstić information content (AvgIpc) is 2.34. The van der Waals surface area contributed by atoms with Gasteiger partial charge >= 0.3 is 0 Å². The van der Waals surface area contributed by atoms with Gasteiger partial charge in [-0.1, -0.05) is 45.6 Å². The molecule has 1 aromatic heterocycles. The fourth-order valence-electron chi connectivity index (χ4n) is 1.95. The molecule has 0 aliphatic heterocycles. The maximum Gasteiger partial charge on any atom is 0.0962 e. The third-order valence-electron chi connectivity index (χ3n) is 2.95. The Morgan fingerprint density at radius 1 is 1.25 bits per heavy atom. The Kier molecular flexibility index (Phi) is 6.09. The predicted molar refractivity (Wildman–Crippen MR) is 67.3 cm³/mol. The van der Waals surface area contributed by atoms with E-state index < -0.39 is 0 Å². The highest BCUT2D eigenvalue weighted by molar-refractivity contribution is 5.21. The minimum Gasteiger partial charge on any atom is -0.387 e. The number of rotatable bonds is 7. The van der Waals surface area contributed by atoms with Crippen molar-refractivity contribution in [2.75, 3.05) is 0 Å². The number of aliphatic hydroxyl groups excluding tert-OH is 1. The first kappa shape index (κ1) is 13.2. The second-order valence-corrected chi connectivity index (χ2v) is 4.27. The molecule has 1 unspecified atom stereocenters. The van der Waals surface area contributed by atoms with E-state index in [1.54, 1.807) is 6.20 Å². The Bertz CT molecular complexity index is 299. The molecule has 0 amide bonds. The highest BCUT2D eigenvalue weighted by Crippen LogP contribution is 2.21. The highest BCUT2D eigenvalue weighted by Gasteiger charge is 2.11. The van der Waals surface area contributed by atoms with Crippen LogP contribution in [0.5, 0.6) is 0 Å². The molecule has 1 N–H and O–H groups in total. The van der Waals surface area contributed by atoms with Gasteiger partial charge in [-0.3, -0.25) is 4.98 Å². The lowest BCUT2D eigenvalue weighted by Gasteiger charge is -2.13. The van der Waals surface area contributed by atoms with Gasteiger partial charge in [0.15, 0.2) is 0 Å². The number of aryl methyl sites for hydroxylation is 1. The summed E-state index contributed by atoms with van der Waals surface area (Å²) in [5.41, 5.74) is 2.05. The predicted octanol–water partition coefficient (Wildman–Crippen LogP) is 3.65. The maximum atomic E-state index is 10.1. The standard InChI is InChI=1S/C14H23NO/c1-3-5-6-7-10-13(16)14-12(4-2)9-8-11-15-14/h8-9,11,13,16H,3-7,10H2,1-2H3. The minimum atomic E-state index is -0.381. The molecule has 2 nitrogen and oxygen atoms in total. The van der Waals surface area contributed by atoms with E-state index in [4.69, 9.17) is 0 Å². The number of unbranched alkanes of at least 4 members (excludes halogenated alkanes) is 3. The fourth-order valence-corrected chi connectivity index (χ4v) is 1.95. The van der Waals surface area contributed by atoms with Crippen molar-refractivity contribution in [1.82, 2.24) is 4.98 Å². The van der Waals surface area contributed by atoms with Crippen molar-refractivity contribution < 1.29 is 5.11 Å². The van der Waals surface area contributed by atoms with Gasteiger partial charge in [-0.15, -0.1) is 0 Å². The molecule has 1 heterocycles. The first-order chi connectivity index (χ1) is 7.79. The molecular formula is C14H23NO. The van der Waals surface area contributed by atoms with Gasteiger partial charge < -0.3 is 5.11 Å². The van der Waals surface area contributed by atoms with Crippen molar-refractivity contribution in [3.05, 3.63) is 29.6 Å². The Morgan fingerprint density at radius 3 is 2.75 bits per heavy atom. The summed E-state index contributed by atoms with van der Waals surface area (Å²) in [5.74, 6) is 0. The molecule has 1 aromatic rings. The van der Waals surface area contributed by atoms with Crippen molar-refractivity contribution in [2.24, 2.45) is 0 Å². The van der Waals surface area contributed by atoms with Crippen molar-refractivity contribution in [1.29, 1.82) is 0 Å². The second-order valence-electron chi connectivity index (χ2n) is 4.27. The number of pyridine rings is 1. The third kappa shape index (κ3) is 3.93. The molecule has 0 fully saturated rings. The molecule has 0 aliphatic rings. The summed E-state index contributed by atoms with van der Waals surface area (Å²) in [6, 6.07) is 3.99. The Labute approximate surface area is 98.7 Å². The summed E-state index contributed by atoms with van der Waals surface area (Å²) >= 11 is 0. The molecular weight excluding hydrogens is 198 g/mol. The second kappa shape index (κ2) is 7.39. The molecule has 0 aliphatic carbocycles. The van der Waals surface area contributed by atoms with Gasteiger partial charge in [-0.05, 0) is 24.5 Å². The van der Waals surface area contributed by atoms with Gasteiger partial charge in [0.25, 0.3) is 0 Å². The summed E-state index contributed by atoms with van der Waals surface area (Å²) in [4.78, 5) is 4.30. The van der Waals surface area contributed by atoms with Crippen LogP contribution in [0.4, 0.5) is 0 Å². The SMILES string of the molecule is CCCCCCC(O)c1ncccc1CC. The van der Waals surface area contributed by atoms with Gasteiger partial charge in [0.05, 0.1) is 11.8 Å². The topological polar surface area (TPSA) is 33.1 Å². The van der Waals surface area contributed by atoms with Crippen LogP contribution in [0.15, 0.2) is 18.3 Å². The largest absolute Gasteiger partial charge is 0.387 e. The number of nitrogens with zero attached hydrogens (tertiary/aromatic N) is 1. The maximum absolute atomic E-state index is 10.1. The summed E-state index contributed by atoms with van der Waals surface area (Å²) < 4.78 is 0. The number of aliphatic hydroxyl groups is 1. The number of hydrogen-bond acceptors (Lipinski definition) is 2. The number of aromatic nitrogens is 1. The van der Waals surface area contributed by atoms with Crippen molar-refractivity contribution >= 4 is 0 Å². The zero-order valence-corrected chi connectivity index (χ0v) is 10.4. The Hall–Kier alpha value is -0.890. The van der Waals surface area contributed by atoms with Gasteiger partial charge in [-0.25, -0.2) is 0 Å². The fraction of sp³-hybridized carbons (Fsp3) is 0.643. The molecule has 0 saturated carbocycles. The van der Waals surface area contributed by atoms with Crippen molar-refractivity contribution in [2.45, 2.75) is 58.5 Å². The van der Waals surface area contributed by atoms with E-state index in [1.807, 2.05) is 6.07 Å². The van der Waals surface area contributed by atoms with Crippen LogP contribution in [-0.2, 0) is 6.42 Å². The summed E-state index contributed by atoms with van der Waals surface area (Å²) in [5, 5.41) is 10.1. The molecule has 2 heteroatoms. The molecule has 90 valence electrons. The molecule has 0 saturated heterocycles. The van der Waals surface area contributed by atoms with Crippen LogP contribution in [-0.4, -0.2) is 10.1 Å². The van der Waals surface area contributed by atoms with Crippen LogP contribution < -0.4 is 0 Å². The van der Waals surface area contributed by atoms with E-state index in [-0.39, 0.29) is 6.10 Å². The third-order valence-corrected chi connectivity index (χ3v) is 2.95. The monoisotopic (exact) mass is 221 g/mol. The lowest BCUT2D eigenvalue weighted by Crippen LogP contribution is -2.04. The molecule has 1 rings (SSSR count). The lowest BCUT2D eigenvalue weighted by atomic mass is 10.0. The van der Waals surface area contributed by atoms with Crippen LogP contribution in [0.2, 0.25) is 0 Å². The van der Waals surface area contributed by atoms with Gasteiger partial charge in [0, 0.05) is 6.20 Å². The quantitative estimate of drug-likeness (QED) is 0.713. The Morgan fingerprint density at radius 2 is 2.06 bits per heavy atom. The zero-order chi connectivity index (χ0) is 11.8. The van der Waals surface area contributed by atoms with Crippen molar-refractivity contribution in [3.8, 4) is 0 Å². The van der Waals surface area contributed by atoms with E-state index in [9.17, 15) is 5.11 Å². The van der Waals surface area contributed by atoms with E-state index in [2.05, 4.69) is 24.9 Å². The lowest BCUT2D eigenvalue weighted by molar-refractivity contribution is 0.157. The van der Waals surface area contributed by atoms with Gasteiger partial charge in [0.2, 0.25) is 0 Å². The molecule has 1 atom stereocenters. The van der Waals surface area contributed by atoms with Crippen LogP contribution in [0.25, 0.3) is 0 Å². The minimum absolute atomic E-state index is 0.381. The van der Waals surface area contributed by atoms with E-state index >= 15 is 0 Å². The van der Waals surface area contributed by atoms with Crippen LogP contribution >= 0.6 is 0 Å². The summed E-state index contributed by atoms with van der Waals surface area (Å²) in [6.07, 6.45) is 7.96. The van der Waals surface area contributed by atoms with Crippen LogP contribution in [0.3, 0.4) is 0 Å². The van der Waals surface area contributed by atoms with Crippen LogP contribution in [0.1, 0.15) is 63.3 Å². The molecule has 0 aromatic carbocycles. The van der Waals surface area contributed by atoms with Crippen LogP contribution in [0, 0.1) is 0 Å².